The third kappa shape index (κ3) is 4.88. The van der Waals surface area contributed by atoms with Crippen LogP contribution in [0, 0.1) is 10.1 Å². The Labute approximate surface area is 143 Å². The highest BCUT2D eigenvalue weighted by Crippen LogP contribution is 2.21. The van der Waals surface area contributed by atoms with Crippen LogP contribution in [0.3, 0.4) is 0 Å². The van der Waals surface area contributed by atoms with Crippen LogP contribution in [0.1, 0.15) is 31.1 Å². The smallest absolute Gasteiger partial charge is 0.410 e. The lowest BCUT2D eigenvalue weighted by Crippen LogP contribution is -2.36. The average molecular weight is 354 g/mol. The number of amides is 1. The molecule has 2 unspecified atom stereocenters. The molecule has 1 aliphatic rings. The van der Waals surface area contributed by atoms with Gasteiger partial charge < -0.3 is 14.4 Å². The Morgan fingerprint density at radius 1 is 1.24 bits per heavy atom. The van der Waals surface area contributed by atoms with E-state index in [-0.39, 0.29) is 24.3 Å². The van der Waals surface area contributed by atoms with Crippen LogP contribution in [0.15, 0.2) is 24.3 Å². The molecule has 1 fully saturated rings. The van der Waals surface area contributed by atoms with E-state index in [1.165, 1.54) is 12.1 Å². The monoisotopic (exact) mass is 354 g/mol. The van der Waals surface area contributed by atoms with Crippen molar-refractivity contribution in [3.8, 4) is 0 Å². The number of nitro groups is 1. The standard InChI is InChI=1S/C16H19FN2O6/c1-16(2,3)25-15(21)18-8-12(17)13(9-18)24-14(20)10-4-6-11(7-5-10)19(22)23/h4-7,12-13H,8-9H2,1-3H3. The Morgan fingerprint density at radius 3 is 2.36 bits per heavy atom. The number of alkyl halides is 1. The van der Waals surface area contributed by atoms with Crippen molar-refractivity contribution in [2.24, 2.45) is 0 Å². The first-order valence-corrected chi connectivity index (χ1v) is 7.64. The molecule has 0 N–H and O–H groups in total. The molecular formula is C16H19FN2O6. The van der Waals surface area contributed by atoms with Gasteiger partial charge in [0.15, 0.2) is 12.3 Å². The number of nitro benzene ring substituents is 1. The van der Waals surface area contributed by atoms with Gasteiger partial charge in [-0.25, -0.2) is 14.0 Å². The Hall–Kier alpha value is -2.71. The first-order valence-electron chi connectivity index (χ1n) is 7.64. The average Bonchev–Trinajstić information content (AvgIpc) is 2.87. The van der Waals surface area contributed by atoms with E-state index in [9.17, 15) is 24.1 Å². The SMILES string of the molecule is CC(C)(C)OC(=O)N1CC(F)C(OC(=O)c2ccc([N+](=O)[O-])cc2)C1. The number of esters is 1. The maximum atomic E-state index is 14.1. The van der Waals surface area contributed by atoms with Gasteiger partial charge in [-0.1, -0.05) is 0 Å². The second-order valence-corrected chi connectivity index (χ2v) is 6.65. The van der Waals surface area contributed by atoms with Crippen molar-refractivity contribution in [3.05, 3.63) is 39.9 Å². The second-order valence-electron chi connectivity index (χ2n) is 6.65. The lowest BCUT2D eigenvalue weighted by molar-refractivity contribution is -0.384. The van der Waals surface area contributed by atoms with Crippen molar-refractivity contribution in [2.75, 3.05) is 13.1 Å². The zero-order chi connectivity index (χ0) is 18.8. The number of nitrogens with zero attached hydrogens (tertiary/aromatic N) is 2. The topological polar surface area (TPSA) is 99.0 Å². The molecule has 1 aliphatic heterocycles. The second kappa shape index (κ2) is 7.04. The summed E-state index contributed by atoms with van der Waals surface area (Å²) in [4.78, 5) is 35.1. The summed E-state index contributed by atoms with van der Waals surface area (Å²) in [6.45, 7) is 4.74. The molecule has 1 saturated heterocycles. The third-order valence-corrected chi connectivity index (χ3v) is 3.42. The highest BCUT2D eigenvalue weighted by molar-refractivity contribution is 5.89. The molecule has 0 saturated carbocycles. The maximum absolute atomic E-state index is 14.1. The van der Waals surface area contributed by atoms with Gasteiger partial charge >= 0.3 is 12.1 Å². The van der Waals surface area contributed by atoms with Crippen molar-refractivity contribution < 1.29 is 28.4 Å². The minimum Gasteiger partial charge on any atom is -0.454 e. The zero-order valence-electron chi connectivity index (χ0n) is 14.1. The van der Waals surface area contributed by atoms with Crippen molar-refractivity contribution in [1.82, 2.24) is 4.90 Å². The molecule has 136 valence electrons. The Balaban J connectivity index is 1.97. The predicted molar refractivity (Wildman–Crippen MR) is 85.0 cm³/mol. The number of ether oxygens (including phenoxy) is 2. The molecular weight excluding hydrogens is 335 g/mol. The first-order chi connectivity index (χ1) is 11.6. The van der Waals surface area contributed by atoms with Crippen molar-refractivity contribution in [2.45, 2.75) is 38.6 Å². The zero-order valence-corrected chi connectivity index (χ0v) is 14.1. The summed E-state index contributed by atoms with van der Waals surface area (Å²) in [5.41, 5.74) is -0.818. The molecule has 1 aromatic rings. The molecule has 2 atom stereocenters. The number of hydrogen-bond acceptors (Lipinski definition) is 6. The van der Waals surface area contributed by atoms with Crippen LogP contribution in [0.25, 0.3) is 0 Å². The van der Waals surface area contributed by atoms with Gasteiger partial charge in [0, 0.05) is 12.1 Å². The fraction of sp³-hybridized carbons (Fsp3) is 0.500. The largest absolute Gasteiger partial charge is 0.454 e. The van der Waals surface area contributed by atoms with Crippen molar-refractivity contribution in [3.63, 3.8) is 0 Å². The number of non-ortho nitro benzene ring substituents is 1. The summed E-state index contributed by atoms with van der Waals surface area (Å²) in [6, 6.07) is 4.78. The van der Waals surface area contributed by atoms with Crippen LogP contribution >= 0.6 is 0 Å². The number of hydrogen-bond donors (Lipinski definition) is 0. The Morgan fingerprint density at radius 2 is 1.84 bits per heavy atom. The number of halogens is 1. The predicted octanol–water partition coefficient (Wildman–Crippen LogP) is 2.71. The van der Waals surface area contributed by atoms with Gasteiger partial charge in [-0.05, 0) is 32.9 Å². The summed E-state index contributed by atoms with van der Waals surface area (Å²) >= 11 is 0. The van der Waals surface area contributed by atoms with Crippen LogP contribution in [-0.4, -0.2) is 52.9 Å². The molecule has 25 heavy (non-hydrogen) atoms. The van der Waals surface area contributed by atoms with Gasteiger partial charge in [0.1, 0.15) is 5.60 Å². The van der Waals surface area contributed by atoms with Crippen molar-refractivity contribution >= 4 is 17.7 Å². The Bertz CT molecular complexity index is 670. The molecule has 1 heterocycles. The summed E-state index contributed by atoms with van der Waals surface area (Å²) in [5.74, 6) is -0.811. The summed E-state index contributed by atoms with van der Waals surface area (Å²) in [5, 5.41) is 10.6. The molecule has 0 aromatic heterocycles. The molecule has 0 spiro atoms. The van der Waals surface area contributed by atoms with Gasteiger partial charge in [-0.3, -0.25) is 10.1 Å². The molecule has 0 radical (unpaired) electrons. The molecule has 8 nitrogen and oxygen atoms in total. The van der Waals surface area contributed by atoms with E-state index >= 15 is 0 Å². The molecule has 0 aliphatic carbocycles. The third-order valence-electron chi connectivity index (χ3n) is 3.42. The maximum Gasteiger partial charge on any atom is 0.410 e. The minimum absolute atomic E-state index is 0.0634. The van der Waals surface area contributed by atoms with E-state index in [0.717, 1.165) is 17.0 Å². The van der Waals surface area contributed by atoms with Crippen LogP contribution in [0.2, 0.25) is 0 Å². The van der Waals surface area contributed by atoms with Crippen LogP contribution in [0.5, 0.6) is 0 Å². The van der Waals surface area contributed by atoms with Gasteiger partial charge in [0.05, 0.1) is 23.6 Å². The Kier molecular flexibility index (Phi) is 5.24. The lowest BCUT2D eigenvalue weighted by atomic mass is 10.2. The lowest BCUT2D eigenvalue weighted by Gasteiger charge is -2.24. The normalized spacial score (nSPS) is 20.2. The van der Waals surface area contributed by atoms with E-state index in [0.29, 0.717) is 0 Å². The van der Waals surface area contributed by atoms with Crippen LogP contribution < -0.4 is 0 Å². The van der Waals surface area contributed by atoms with Gasteiger partial charge in [0.25, 0.3) is 5.69 Å². The van der Waals surface area contributed by atoms with E-state index in [1.54, 1.807) is 20.8 Å². The fourth-order valence-corrected chi connectivity index (χ4v) is 2.25. The number of carbonyl (C=O) groups excluding carboxylic acids is 2. The van der Waals surface area contributed by atoms with Gasteiger partial charge in [0.2, 0.25) is 0 Å². The highest BCUT2D eigenvalue weighted by atomic mass is 19.1. The summed E-state index contributed by atoms with van der Waals surface area (Å²) in [7, 11) is 0. The fourth-order valence-electron chi connectivity index (χ4n) is 2.25. The van der Waals surface area contributed by atoms with Gasteiger partial charge in [-0.15, -0.1) is 0 Å². The summed E-state index contributed by atoms with van der Waals surface area (Å²) < 4.78 is 24.3. The van der Waals surface area contributed by atoms with Crippen LogP contribution in [0.4, 0.5) is 14.9 Å². The molecule has 9 heteroatoms. The van der Waals surface area contributed by atoms with Crippen molar-refractivity contribution in [1.29, 1.82) is 0 Å². The van der Waals surface area contributed by atoms with E-state index in [1.807, 2.05) is 0 Å². The quantitative estimate of drug-likeness (QED) is 0.470. The summed E-state index contributed by atoms with van der Waals surface area (Å²) in [6.07, 6.45) is -3.33. The number of likely N-dealkylation sites (tertiary alicyclic amines) is 1. The van der Waals surface area contributed by atoms with E-state index in [4.69, 9.17) is 9.47 Å². The molecule has 1 aromatic carbocycles. The number of rotatable bonds is 3. The van der Waals surface area contributed by atoms with E-state index in [2.05, 4.69) is 0 Å². The number of carbonyl (C=O) groups is 2. The van der Waals surface area contributed by atoms with Crippen LogP contribution in [-0.2, 0) is 9.47 Å². The first kappa shape index (κ1) is 18.6. The highest BCUT2D eigenvalue weighted by Gasteiger charge is 2.39. The number of benzene rings is 1. The minimum atomic E-state index is -1.53. The molecule has 0 bridgehead atoms. The van der Waals surface area contributed by atoms with E-state index < -0.39 is 34.9 Å². The molecule has 2 rings (SSSR count). The van der Waals surface area contributed by atoms with Gasteiger partial charge in [-0.2, -0.15) is 0 Å². The molecule has 1 amide bonds.